The Balaban J connectivity index is 1.75. The summed E-state index contributed by atoms with van der Waals surface area (Å²) in [6.45, 7) is 0.835. The maximum atomic E-state index is 3.49. The van der Waals surface area contributed by atoms with Gasteiger partial charge in [-0.25, -0.2) is 0 Å². The van der Waals surface area contributed by atoms with Crippen molar-refractivity contribution >= 4 is 22.1 Å². The van der Waals surface area contributed by atoms with Crippen molar-refractivity contribution in [1.82, 2.24) is 0 Å². The van der Waals surface area contributed by atoms with E-state index in [1.807, 2.05) is 0 Å². The molecule has 0 aromatic heterocycles. The fraction of sp³-hybridized carbons (Fsp3) is 0.158. The molecule has 0 saturated heterocycles. The molecule has 0 heterocycles. The second-order valence-corrected chi connectivity index (χ2v) is 5.48. The molecule has 2 heteroatoms. The minimum atomic E-state index is 0.835. The molecule has 2 nitrogen and oxygen atoms in total. The van der Waals surface area contributed by atoms with E-state index in [9.17, 15) is 0 Å². The summed E-state index contributed by atoms with van der Waals surface area (Å²) in [5.41, 5.74) is 3.65. The van der Waals surface area contributed by atoms with E-state index < -0.39 is 0 Å². The van der Waals surface area contributed by atoms with E-state index in [0.717, 1.165) is 12.2 Å². The van der Waals surface area contributed by atoms with Gasteiger partial charge in [0.2, 0.25) is 0 Å². The highest BCUT2D eigenvalue weighted by molar-refractivity contribution is 5.83. The summed E-state index contributed by atoms with van der Waals surface area (Å²) in [6.07, 6.45) is 0. The first-order chi connectivity index (χ1) is 10.2. The zero-order valence-corrected chi connectivity index (χ0v) is 12.5. The van der Waals surface area contributed by atoms with E-state index in [2.05, 4.69) is 91.0 Å². The van der Waals surface area contributed by atoms with E-state index in [0.29, 0.717) is 0 Å². The molecule has 0 aliphatic heterocycles. The lowest BCUT2D eigenvalue weighted by Gasteiger charge is -2.14. The van der Waals surface area contributed by atoms with Crippen LogP contribution >= 0.6 is 0 Å². The number of hydrogen-bond donors (Lipinski definition) is 1. The van der Waals surface area contributed by atoms with Crippen LogP contribution < -0.4 is 10.2 Å². The second kappa shape index (κ2) is 5.88. The van der Waals surface area contributed by atoms with Gasteiger partial charge in [-0.05, 0) is 40.6 Å². The Morgan fingerprint density at radius 3 is 2.43 bits per heavy atom. The van der Waals surface area contributed by atoms with Crippen molar-refractivity contribution in [2.45, 2.75) is 6.54 Å². The Labute approximate surface area is 126 Å². The second-order valence-electron chi connectivity index (χ2n) is 5.48. The monoisotopic (exact) mass is 276 g/mol. The van der Waals surface area contributed by atoms with E-state index in [4.69, 9.17) is 0 Å². The summed E-state index contributed by atoms with van der Waals surface area (Å²) in [5, 5.41) is 6.07. The van der Waals surface area contributed by atoms with Crippen LogP contribution in [0.5, 0.6) is 0 Å². The van der Waals surface area contributed by atoms with Crippen LogP contribution in [0.1, 0.15) is 5.56 Å². The predicted octanol–water partition coefficient (Wildman–Crippen LogP) is 4.52. The molecule has 0 spiro atoms. The molecular weight excluding hydrogens is 256 g/mol. The largest absolute Gasteiger partial charge is 0.381 e. The van der Waals surface area contributed by atoms with Crippen LogP contribution in [0.15, 0.2) is 66.7 Å². The quantitative estimate of drug-likeness (QED) is 0.753. The number of rotatable bonds is 4. The Kier molecular flexibility index (Phi) is 3.78. The van der Waals surface area contributed by atoms with Crippen molar-refractivity contribution in [3.05, 3.63) is 72.3 Å². The van der Waals surface area contributed by atoms with Crippen molar-refractivity contribution in [3.8, 4) is 0 Å². The number of fused-ring (bicyclic) bond motifs is 1. The predicted molar refractivity (Wildman–Crippen MR) is 92.0 cm³/mol. The van der Waals surface area contributed by atoms with Crippen LogP contribution in [0.3, 0.4) is 0 Å². The van der Waals surface area contributed by atoms with Gasteiger partial charge < -0.3 is 10.2 Å². The third-order valence-corrected chi connectivity index (χ3v) is 3.67. The van der Waals surface area contributed by atoms with E-state index in [1.165, 1.54) is 22.0 Å². The fourth-order valence-electron chi connectivity index (χ4n) is 2.45. The molecule has 3 aromatic rings. The van der Waals surface area contributed by atoms with Crippen LogP contribution in [0.4, 0.5) is 11.4 Å². The normalized spacial score (nSPS) is 10.6. The maximum Gasteiger partial charge on any atom is 0.0401 e. The average Bonchev–Trinajstić information content (AvgIpc) is 2.53. The van der Waals surface area contributed by atoms with Gasteiger partial charge >= 0.3 is 0 Å². The molecule has 0 bridgehead atoms. The van der Waals surface area contributed by atoms with Gasteiger partial charge in [-0.15, -0.1) is 0 Å². The van der Waals surface area contributed by atoms with Crippen LogP contribution in [0.2, 0.25) is 0 Å². The van der Waals surface area contributed by atoms with Gasteiger partial charge in [-0.3, -0.25) is 0 Å². The average molecular weight is 276 g/mol. The third kappa shape index (κ3) is 3.16. The molecule has 21 heavy (non-hydrogen) atoms. The molecule has 1 N–H and O–H groups in total. The lowest BCUT2D eigenvalue weighted by Crippen LogP contribution is -2.09. The number of nitrogens with zero attached hydrogens (tertiary/aromatic N) is 1. The van der Waals surface area contributed by atoms with E-state index in [1.54, 1.807) is 0 Å². The van der Waals surface area contributed by atoms with Gasteiger partial charge in [0, 0.05) is 32.0 Å². The topological polar surface area (TPSA) is 15.3 Å². The minimum Gasteiger partial charge on any atom is -0.381 e. The standard InChI is InChI=1S/C19H20N2/c1-21(2)19-9-5-8-18(13-19)20-14-15-10-11-16-6-3-4-7-17(16)12-15/h3-13,20H,14H2,1-2H3. The first-order valence-electron chi connectivity index (χ1n) is 7.21. The molecule has 0 aliphatic carbocycles. The SMILES string of the molecule is CN(C)c1cccc(NCc2ccc3ccccc3c2)c1. The van der Waals surface area contributed by atoms with Gasteiger partial charge in [0.25, 0.3) is 0 Å². The molecule has 106 valence electrons. The number of hydrogen-bond acceptors (Lipinski definition) is 2. The Morgan fingerprint density at radius 1 is 0.810 bits per heavy atom. The lowest BCUT2D eigenvalue weighted by atomic mass is 10.1. The highest BCUT2D eigenvalue weighted by Crippen LogP contribution is 2.19. The lowest BCUT2D eigenvalue weighted by molar-refractivity contribution is 1.12. The maximum absolute atomic E-state index is 3.49. The van der Waals surface area contributed by atoms with Crippen molar-refractivity contribution in [2.75, 3.05) is 24.3 Å². The smallest absolute Gasteiger partial charge is 0.0401 e. The summed E-state index contributed by atoms with van der Waals surface area (Å²) >= 11 is 0. The van der Waals surface area contributed by atoms with Gasteiger partial charge in [-0.2, -0.15) is 0 Å². The van der Waals surface area contributed by atoms with Crippen LogP contribution in [0, 0.1) is 0 Å². The summed E-state index contributed by atoms with van der Waals surface area (Å²) in [7, 11) is 4.12. The van der Waals surface area contributed by atoms with E-state index in [-0.39, 0.29) is 0 Å². The van der Waals surface area contributed by atoms with E-state index >= 15 is 0 Å². The molecule has 0 atom stereocenters. The van der Waals surface area contributed by atoms with Crippen LogP contribution in [0.25, 0.3) is 10.8 Å². The Hall–Kier alpha value is -2.48. The number of benzene rings is 3. The van der Waals surface area contributed by atoms with Gasteiger partial charge in [0.1, 0.15) is 0 Å². The first-order valence-corrected chi connectivity index (χ1v) is 7.21. The van der Waals surface area contributed by atoms with Gasteiger partial charge in [0.15, 0.2) is 0 Å². The molecule has 0 aliphatic rings. The van der Waals surface area contributed by atoms with Crippen molar-refractivity contribution in [1.29, 1.82) is 0 Å². The fourth-order valence-corrected chi connectivity index (χ4v) is 2.45. The zero-order valence-electron chi connectivity index (χ0n) is 12.5. The molecule has 0 radical (unpaired) electrons. The number of nitrogens with one attached hydrogen (secondary N) is 1. The van der Waals surface area contributed by atoms with Gasteiger partial charge in [0.05, 0.1) is 0 Å². The van der Waals surface area contributed by atoms with Crippen LogP contribution in [-0.4, -0.2) is 14.1 Å². The third-order valence-electron chi connectivity index (χ3n) is 3.67. The molecule has 0 unspecified atom stereocenters. The molecule has 0 saturated carbocycles. The molecule has 3 aromatic carbocycles. The van der Waals surface area contributed by atoms with Crippen molar-refractivity contribution in [2.24, 2.45) is 0 Å². The minimum absolute atomic E-state index is 0.835. The molecule has 0 amide bonds. The van der Waals surface area contributed by atoms with Gasteiger partial charge in [-0.1, -0.05) is 42.5 Å². The summed E-state index contributed by atoms with van der Waals surface area (Å²) in [6, 6.07) is 23.5. The molecule has 0 fully saturated rings. The first kappa shape index (κ1) is 13.5. The molecular formula is C19H20N2. The summed E-state index contributed by atoms with van der Waals surface area (Å²) < 4.78 is 0. The zero-order chi connectivity index (χ0) is 14.7. The number of anilines is 2. The highest BCUT2D eigenvalue weighted by atomic mass is 15.1. The van der Waals surface area contributed by atoms with Crippen LogP contribution in [-0.2, 0) is 6.54 Å². The highest BCUT2D eigenvalue weighted by Gasteiger charge is 1.99. The summed E-state index contributed by atoms with van der Waals surface area (Å²) in [5.74, 6) is 0. The Morgan fingerprint density at radius 2 is 1.62 bits per heavy atom. The van der Waals surface area contributed by atoms with Crippen molar-refractivity contribution < 1.29 is 0 Å². The Bertz CT molecular complexity index is 747. The molecule has 3 rings (SSSR count). The van der Waals surface area contributed by atoms with Crippen molar-refractivity contribution in [3.63, 3.8) is 0 Å². The summed E-state index contributed by atoms with van der Waals surface area (Å²) in [4.78, 5) is 2.11.